The van der Waals surface area contributed by atoms with Crippen LogP contribution in [0.5, 0.6) is 0 Å². The van der Waals surface area contributed by atoms with Crippen molar-refractivity contribution in [2.75, 3.05) is 36.5 Å². The molecule has 0 unspecified atom stereocenters. The number of benzene rings is 2. The van der Waals surface area contributed by atoms with E-state index in [0.29, 0.717) is 48.8 Å². The summed E-state index contributed by atoms with van der Waals surface area (Å²) in [7, 11) is 0. The smallest absolute Gasteiger partial charge is 0.278 e. The minimum absolute atomic E-state index is 0.0641. The Kier molecular flexibility index (Phi) is 4.87. The van der Waals surface area contributed by atoms with Gasteiger partial charge in [-0.05, 0) is 30.3 Å². The SMILES string of the molecule is O=C(Nc1ccc(F)c(Cl)c1)c1nc2ccccc2nc1N1CCOCC1. The molecule has 2 heterocycles. The van der Waals surface area contributed by atoms with Crippen molar-refractivity contribution in [2.45, 2.75) is 0 Å². The van der Waals surface area contributed by atoms with E-state index in [1.165, 1.54) is 18.2 Å². The van der Waals surface area contributed by atoms with Gasteiger partial charge >= 0.3 is 0 Å². The number of morpholine rings is 1. The monoisotopic (exact) mass is 386 g/mol. The molecule has 138 valence electrons. The van der Waals surface area contributed by atoms with Gasteiger partial charge in [-0.2, -0.15) is 0 Å². The van der Waals surface area contributed by atoms with Gasteiger partial charge in [-0.3, -0.25) is 4.79 Å². The zero-order chi connectivity index (χ0) is 18.8. The van der Waals surface area contributed by atoms with Crippen molar-refractivity contribution in [3.63, 3.8) is 0 Å². The van der Waals surface area contributed by atoms with Gasteiger partial charge in [-0.15, -0.1) is 0 Å². The molecule has 27 heavy (non-hydrogen) atoms. The van der Waals surface area contributed by atoms with E-state index in [4.69, 9.17) is 16.3 Å². The van der Waals surface area contributed by atoms with E-state index in [0.717, 1.165) is 0 Å². The topological polar surface area (TPSA) is 67.4 Å². The van der Waals surface area contributed by atoms with E-state index in [-0.39, 0.29) is 10.7 Å². The summed E-state index contributed by atoms with van der Waals surface area (Å²) in [6, 6.07) is 11.4. The average molecular weight is 387 g/mol. The number of rotatable bonds is 3. The number of amides is 1. The predicted octanol–water partition coefficient (Wildman–Crippen LogP) is 3.51. The van der Waals surface area contributed by atoms with Gasteiger partial charge in [0.2, 0.25) is 0 Å². The lowest BCUT2D eigenvalue weighted by Crippen LogP contribution is -2.38. The lowest BCUT2D eigenvalue weighted by atomic mass is 10.2. The number of anilines is 2. The number of hydrogen-bond donors (Lipinski definition) is 1. The Balaban J connectivity index is 1.73. The van der Waals surface area contributed by atoms with E-state index >= 15 is 0 Å². The quantitative estimate of drug-likeness (QED) is 0.746. The largest absolute Gasteiger partial charge is 0.378 e. The Hall–Kier alpha value is -2.77. The van der Waals surface area contributed by atoms with Gasteiger partial charge in [0.05, 0.1) is 29.3 Å². The Bertz CT molecular complexity index is 1010. The minimum atomic E-state index is -0.547. The fourth-order valence-electron chi connectivity index (χ4n) is 2.90. The summed E-state index contributed by atoms with van der Waals surface area (Å²) in [4.78, 5) is 24.1. The summed E-state index contributed by atoms with van der Waals surface area (Å²) < 4.78 is 18.7. The van der Waals surface area contributed by atoms with Crippen molar-refractivity contribution >= 4 is 40.0 Å². The summed E-state index contributed by atoms with van der Waals surface area (Å²) in [5.74, 6) is -0.478. The number of carbonyl (C=O) groups excluding carboxylic acids is 1. The van der Waals surface area contributed by atoms with Gasteiger partial charge in [0.15, 0.2) is 11.5 Å². The molecule has 0 aliphatic carbocycles. The van der Waals surface area contributed by atoms with Gasteiger partial charge in [0, 0.05) is 18.8 Å². The molecule has 2 aromatic carbocycles. The number of ether oxygens (including phenoxy) is 1. The molecule has 1 saturated heterocycles. The molecule has 0 saturated carbocycles. The molecule has 0 spiro atoms. The first-order chi connectivity index (χ1) is 13.1. The summed E-state index contributed by atoms with van der Waals surface area (Å²) in [5, 5.41) is 2.66. The molecule has 1 aliphatic heterocycles. The van der Waals surface area contributed by atoms with Gasteiger partial charge in [0.25, 0.3) is 5.91 Å². The normalized spacial score (nSPS) is 14.4. The van der Waals surface area contributed by atoms with Crippen molar-refractivity contribution in [3.05, 3.63) is 59.0 Å². The fourth-order valence-corrected chi connectivity index (χ4v) is 3.08. The molecule has 1 N–H and O–H groups in total. The molecule has 0 atom stereocenters. The molecule has 1 aliphatic rings. The van der Waals surface area contributed by atoms with Crippen LogP contribution in [0.3, 0.4) is 0 Å². The molecule has 1 amide bonds. The highest BCUT2D eigenvalue weighted by molar-refractivity contribution is 6.31. The number of halogens is 2. The highest BCUT2D eigenvalue weighted by Gasteiger charge is 2.23. The number of aromatic nitrogens is 2. The first-order valence-corrected chi connectivity index (χ1v) is 8.85. The Morgan fingerprint density at radius 3 is 2.52 bits per heavy atom. The first kappa shape index (κ1) is 17.6. The molecule has 6 nitrogen and oxygen atoms in total. The third kappa shape index (κ3) is 3.70. The third-order valence-corrected chi connectivity index (χ3v) is 4.54. The number of carbonyl (C=O) groups is 1. The number of hydrogen-bond acceptors (Lipinski definition) is 5. The lowest BCUT2D eigenvalue weighted by Gasteiger charge is -2.29. The van der Waals surface area contributed by atoms with Crippen molar-refractivity contribution in [1.29, 1.82) is 0 Å². The summed E-state index contributed by atoms with van der Waals surface area (Å²) in [5.41, 5.74) is 1.92. The molecule has 8 heteroatoms. The van der Waals surface area contributed by atoms with E-state index in [2.05, 4.69) is 15.3 Å². The highest BCUT2D eigenvalue weighted by Crippen LogP contribution is 2.24. The molecular formula is C19H16ClFN4O2. The zero-order valence-electron chi connectivity index (χ0n) is 14.3. The number of nitrogens with zero attached hydrogens (tertiary/aromatic N) is 3. The standard InChI is InChI=1S/C19H16ClFN4O2/c20-13-11-12(5-6-14(13)21)22-19(26)17-18(25-7-9-27-10-8-25)24-16-4-2-1-3-15(16)23-17/h1-6,11H,7-10H2,(H,22,26). The van der Waals surface area contributed by atoms with Crippen LogP contribution in [0.4, 0.5) is 15.9 Å². The van der Waals surface area contributed by atoms with Crippen LogP contribution < -0.4 is 10.2 Å². The molecule has 0 radical (unpaired) electrons. The van der Waals surface area contributed by atoms with E-state index in [1.807, 2.05) is 23.1 Å². The maximum atomic E-state index is 13.4. The van der Waals surface area contributed by atoms with E-state index in [9.17, 15) is 9.18 Å². The van der Waals surface area contributed by atoms with Crippen LogP contribution in [0, 0.1) is 5.82 Å². The van der Waals surface area contributed by atoms with Crippen LogP contribution in [0.1, 0.15) is 10.5 Å². The van der Waals surface area contributed by atoms with Crippen molar-refractivity contribution in [3.8, 4) is 0 Å². The van der Waals surface area contributed by atoms with Gasteiger partial charge < -0.3 is 15.0 Å². The van der Waals surface area contributed by atoms with Crippen LogP contribution in [0.15, 0.2) is 42.5 Å². The third-order valence-electron chi connectivity index (χ3n) is 4.26. The molecule has 3 aromatic rings. The van der Waals surface area contributed by atoms with Crippen LogP contribution in [0.2, 0.25) is 5.02 Å². The second kappa shape index (κ2) is 7.46. The minimum Gasteiger partial charge on any atom is -0.378 e. The number of nitrogens with one attached hydrogen (secondary N) is 1. The maximum Gasteiger partial charge on any atom is 0.278 e. The molecule has 1 fully saturated rings. The molecule has 1 aromatic heterocycles. The van der Waals surface area contributed by atoms with E-state index in [1.54, 1.807) is 6.07 Å². The van der Waals surface area contributed by atoms with Crippen molar-refractivity contribution in [2.24, 2.45) is 0 Å². The molecular weight excluding hydrogens is 371 g/mol. The molecule has 4 rings (SSSR count). The van der Waals surface area contributed by atoms with E-state index < -0.39 is 11.7 Å². The highest BCUT2D eigenvalue weighted by atomic mass is 35.5. The van der Waals surface area contributed by atoms with Gasteiger partial charge in [-0.1, -0.05) is 23.7 Å². The number of fused-ring (bicyclic) bond motifs is 1. The molecule has 0 bridgehead atoms. The predicted molar refractivity (Wildman–Crippen MR) is 102 cm³/mol. The fraction of sp³-hybridized carbons (Fsp3) is 0.211. The van der Waals surface area contributed by atoms with Crippen LogP contribution in [0.25, 0.3) is 11.0 Å². The van der Waals surface area contributed by atoms with Crippen LogP contribution >= 0.6 is 11.6 Å². The lowest BCUT2D eigenvalue weighted by molar-refractivity contribution is 0.102. The Morgan fingerprint density at radius 2 is 1.81 bits per heavy atom. The second-order valence-electron chi connectivity index (χ2n) is 6.07. The average Bonchev–Trinajstić information content (AvgIpc) is 2.70. The Morgan fingerprint density at radius 1 is 1.11 bits per heavy atom. The zero-order valence-corrected chi connectivity index (χ0v) is 15.0. The van der Waals surface area contributed by atoms with Crippen LogP contribution in [-0.4, -0.2) is 42.2 Å². The van der Waals surface area contributed by atoms with Crippen molar-refractivity contribution in [1.82, 2.24) is 9.97 Å². The van der Waals surface area contributed by atoms with Crippen molar-refractivity contribution < 1.29 is 13.9 Å². The second-order valence-corrected chi connectivity index (χ2v) is 6.47. The number of para-hydroxylation sites is 2. The van der Waals surface area contributed by atoms with Gasteiger partial charge in [-0.25, -0.2) is 14.4 Å². The van der Waals surface area contributed by atoms with Crippen LogP contribution in [-0.2, 0) is 4.74 Å². The maximum absolute atomic E-state index is 13.4. The summed E-state index contributed by atoms with van der Waals surface area (Å²) >= 11 is 5.80. The Labute approximate surface area is 159 Å². The first-order valence-electron chi connectivity index (χ1n) is 8.48. The van der Waals surface area contributed by atoms with Gasteiger partial charge in [0.1, 0.15) is 5.82 Å². The summed E-state index contributed by atoms with van der Waals surface area (Å²) in [6.07, 6.45) is 0. The summed E-state index contributed by atoms with van der Waals surface area (Å²) in [6.45, 7) is 2.36.